The molecule has 4 rings (SSSR count). The van der Waals surface area contributed by atoms with Crippen molar-refractivity contribution in [3.8, 4) is 0 Å². The predicted molar refractivity (Wildman–Crippen MR) is 105 cm³/mol. The van der Waals surface area contributed by atoms with E-state index < -0.39 is 0 Å². The van der Waals surface area contributed by atoms with Crippen LogP contribution in [0.1, 0.15) is 30.4 Å². The second kappa shape index (κ2) is 6.49. The number of rotatable bonds is 4. The van der Waals surface area contributed by atoms with E-state index in [0.717, 1.165) is 6.42 Å². The van der Waals surface area contributed by atoms with E-state index in [1.165, 1.54) is 39.1 Å². The molecule has 118 valence electrons. The summed E-state index contributed by atoms with van der Waals surface area (Å²) in [5.41, 5.74) is 2.87. The molecule has 0 saturated heterocycles. The van der Waals surface area contributed by atoms with Crippen molar-refractivity contribution < 1.29 is 0 Å². The van der Waals surface area contributed by atoms with Crippen LogP contribution in [-0.4, -0.2) is 0 Å². The zero-order valence-electron chi connectivity index (χ0n) is 14.1. The highest BCUT2D eigenvalue weighted by Gasteiger charge is 2.07. The van der Waals surface area contributed by atoms with Crippen LogP contribution in [-0.2, 0) is 6.42 Å². The molecule has 0 spiro atoms. The van der Waals surface area contributed by atoms with Crippen LogP contribution in [0.2, 0.25) is 0 Å². The molecule has 0 aromatic heterocycles. The Kier molecular flexibility index (Phi) is 4.04. The van der Waals surface area contributed by atoms with E-state index in [-0.39, 0.29) is 0 Å². The van der Waals surface area contributed by atoms with Gasteiger partial charge >= 0.3 is 0 Å². The van der Waals surface area contributed by atoms with Crippen molar-refractivity contribution in [3.05, 3.63) is 96.1 Å². The first-order valence-corrected chi connectivity index (χ1v) is 8.76. The van der Waals surface area contributed by atoms with Gasteiger partial charge in [-0.2, -0.15) is 0 Å². The minimum atomic E-state index is 0.570. The minimum Gasteiger partial charge on any atom is -0.0616 e. The topological polar surface area (TPSA) is 0 Å². The van der Waals surface area contributed by atoms with Gasteiger partial charge in [0.25, 0.3) is 0 Å². The molecule has 0 saturated carbocycles. The van der Waals surface area contributed by atoms with Crippen LogP contribution in [0.3, 0.4) is 0 Å². The van der Waals surface area contributed by atoms with Gasteiger partial charge in [0.15, 0.2) is 0 Å². The standard InChI is InChI=1S/C24H22/c1-18(22-15-14-21-7-3-5-9-24(21)17-22)10-11-19-12-13-20-6-2-4-8-23(20)16-19/h2-9,12-18H,10-11H2,1H3. The monoisotopic (exact) mass is 310 g/mol. The summed E-state index contributed by atoms with van der Waals surface area (Å²) in [7, 11) is 0. The molecule has 0 heteroatoms. The zero-order valence-corrected chi connectivity index (χ0v) is 14.1. The van der Waals surface area contributed by atoms with Crippen molar-refractivity contribution >= 4 is 21.5 Å². The Morgan fingerprint density at radius 1 is 0.625 bits per heavy atom. The Morgan fingerprint density at radius 3 is 1.92 bits per heavy atom. The SMILES string of the molecule is CC(CCc1ccc2ccccc2c1)c1ccc2ccccc2c1. The van der Waals surface area contributed by atoms with E-state index in [9.17, 15) is 0 Å². The maximum Gasteiger partial charge on any atom is -0.0181 e. The first-order valence-electron chi connectivity index (χ1n) is 8.76. The number of benzene rings is 4. The lowest BCUT2D eigenvalue weighted by molar-refractivity contribution is 0.681. The molecule has 0 amide bonds. The van der Waals surface area contributed by atoms with Gasteiger partial charge in [0.1, 0.15) is 0 Å². The van der Waals surface area contributed by atoms with Gasteiger partial charge in [-0.15, -0.1) is 0 Å². The molecule has 1 atom stereocenters. The van der Waals surface area contributed by atoms with Gasteiger partial charge in [0.05, 0.1) is 0 Å². The molecule has 4 aromatic carbocycles. The fraction of sp³-hybridized carbons (Fsp3) is 0.167. The largest absolute Gasteiger partial charge is 0.0616 e. The van der Waals surface area contributed by atoms with Gasteiger partial charge in [-0.05, 0) is 51.4 Å². The number of hydrogen-bond donors (Lipinski definition) is 0. The first kappa shape index (κ1) is 15.0. The van der Waals surface area contributed by atoms with Gasteiger partial charge in [0, 0.05) is 0 Å². The Bertz CT molecular complexity index is 981. The molecular weight excluding hydrogens is 288 g/mol. The van der Waals surface area contributed by atoms with Crippen molar-refractivity contribution in [1.29, 1.82) is 0 Å². The van der Waals surface area contributed by atoms with Crippen LogP contribution in [0.25, 0.3) is 21.5 Å². The summed E-state index contributed by atoms with van der Waals surface area (Å²) in [5, 5.41) is 5.33. The Balaban J connectivity index is 1.50. The van der Waals surface area contributed by atoms with E-state index >= 15 is 0 Å². The number of hydrogen-bond acceptors (Lipinski definition) is 0. The molecule has 0 aliphatic heterocycles. The van der Waals surface area contributed by atoms with Crippen molar-refractivity contribution in [2.75, 3.05) is 0 Å². The fourth-order valence-corrected chi connectivity index (χ4v) is 3.46. The van der Waals surface area contributed by atoms with Gasteiger partial charge in [0.2, 0.25) is 0 Å². The normalized spacial score (nSPS) is 12.5. The third-order valence-corrected chi connectivity index (χ3v) is 5.02. The lowest BCUT2D eigenvalue weighted by Crippen LogP contribution is -1.96. The molecule has 0 aliphatic carbocycles. The fourth-order valence-electron chi connectivity index (χ4n) is 3.46. The maximum absolute atomic E-state index is 2.35. The van der Waals surface area contributed by atoms with Crippen molar-refractivity contribution in [2.24, 2.45) is 0 Å². The molecule has 0 bridgehead atoms. The highest BCUT2D eigenvalue weighted by molar-refractivity contribution is 5.83. The molecule has 0 aliphatic rings. The Morgan fingerprint density at radius 2 is 1.21 bits per heavy atom. The number of fused-ring (bicyclic) bond motifs is 2. The van der Waals surface area contributed by atoms with E-state index in [1.807, 2.05) is 0 Å². The van der Waals surface area contributed by atoms with Crippen LogP contribution in [0.4, 0.5) is 0 Å². The summed E-state index contributed by atoms with van der Waals surface area (Å²) in [6.07, 6.45) is 2.30. The summed E-state index contributed by atoms with van der Waals surface area (Å²) < 4.78 is 0. The highest BCUT2D eigenvalue weighted by Crippen LogP contribution is 2.26. The molecule has 1 unspecified atom stereocenters. The molecule has 4 aromatic rings. The maximum atomic E-state index is 2.35. The smallest absolute Gasteiger partial charge is 0.0181 e. The van der Waals surface area contributed by atoms with Crippen LogP contribution >= 0.6 is 0 Å². The van der Waals surface area contributed by atoms with Crippen molar-refractivity contribution in [3.63, 3.8) is 0 Å². The lowest BCUT2D eigenvalue weighted by atomic mass is 9.92. The second-order valence-electron chi connectivity index (χ2n) is 6.73. The average Bonchev–Trinajstić information content (AvgIpc) is 2.65. The molecule has 24 heavy (non-hydrogen) atoms. The molecular formula is C24H22. The van der Waals surface area contributed by atoms with E-state index in [4.69, 9.17) is 0 Å². The minimum absolute atomic E-state index is 0.570. The van der Waals surface area contributed by atoms with Gasteiger partial charge < -0.3 is 0 Å². The third kappa shape index (κ3) is 3.05. The Labute approximate surface area is 143 Å². The molecule has 0 N–H and O–H groups in total. The van der Waals surface area contributed by atoms with Crippen molar-refractivity contribution in [2.45, 2.75) is 25.7 Å². The van der Waals surface area contributed by atoms with Crippen LogP contribution in [0.15, 0.2) is 84.9 Å². The van der Waals surface area contributed by atoms with E-state index in [0.29, 0.717) is 5.92 Å². The second-order valence-corrected chi connectivity index (χ2v) is 6.73. The zero-order chi connectivity index (χ0) is 16.4. The van der Waals surface area contributed by atoms with Gasteiger partial charge in [-0.3, -0.25) is 0 Å². The molecule has 0 radical (unpaired) electrons. The summed E-state index contributed by atoms with van der Waals surface area (Å²) >= 11 is 0. The highest BCUT2D eigenvalue weighted by atomic mass is 14.1. The summed E-state index contributed by atoms with van der Waals surface area (Å²) in [4.78, 5) is 0. The predicted octanol–water partition coefficient (Wildman–Crippen LogP) is 6.73. The van der Waals surface area contributed by atoms with Gasteiger partial charge in [-0.1, -0.05) is 91.9 Å². The van der Waals surface area contributed by atoms with Crippen molar-refractivity contribution in [1.82, 2.24) is 0 Å². The average molecular weight is 310 g/mol. The summed E-state index contributed by atoms with van der Waals surface area (Å²) in [6.45, 7) is 2.34. The van der Waals surface area contributed by atoms with E-state index in [2.05, 4.69) is 91.9 Å². The first-order chi connectivity index (χ1) is 11.8. The number of aryl methyl sites for hydroxylation is 1. The van der Waals surface area contributed by atoms with Gasteiger partial charge in [-0.25, -0.2) is 0 Å². The van der Waals surface area contributed by atoms with E-state index in [1.54, 1.807) is 0 Å². The lowest BCUT2D eigenvalue weighted by Gasteiger charge is -2.13. The molecule has 0 heterocycles. The summed E-state index contributed by atoms with van der Waals surface area (Å²) in [5.74, 6) is 0.570. The Hall–Kier alpha value is -2.60. The van der Waals surface area contributed by atoms with Crippen LogP contribution < -0.4 is 0 Å². The van der Waals surface area contributed by atoms with Crippen LogP contribution in [0.5, 0.6) is 0 Å². The molecule has 0 fully saturated rings. The summed E-state index contributed by atoms with van der Waals surface area (Å²) in [6, 6.07) is 30.9. The molecule has 0 nitrogen and oxygen atoms in total. The third-order valence-electron chi connectivity index (χ3n) is 5.02. The quantitative estimate of drug-likeness (QED) is 0.392. The van der Waals surface area contributed by atoms with Crippen LogP contribution in [0, 0.1) is 0 Å².